The molecule has 0 amide bonds. The zero-order chi connectivity index (χ0) is 11.4. The number of aromatic carboxylic acids is 1. The summed E-state index contributed by atoms with van der Waals surface area (Å²) in [4.78, 5) is 21.3. The Morgan fingerprint density at radius 1 is 1.47 bits per heavy atom. The quantitative estimate of drug-likeness (QED) is 0.765. The van der Waals surface area contributed by atoms with Gasteiger partial charge in [-0.1, -0.05) is 6.07 Å². The van der Waals surface area contributed by atoms with Gasteiger partial charge in [0.15, 0.2) is 0 Å². The Labute approximate surface area is 85.3 Å². The maximum Gasteiger partial charge on any atom is 0.338 e. The summed E-state index contributed by atoms with van der Waals surface area (Å²) in [5.74, 6) is -2.70. The van der Waals surface area contributed by atoms with Gasteiger partial charge in [0.25, 0.3) is 0 Å². The van der Waals surface area contributed by atoms with Crippen LogP contribution in [0.5, 0.6) is 0 Å². The molecule has 5 heteroatoms. The lowest BCUT2D eigenvalue weighted by molar-refractivity contribution is -0.139. The predicted molar refractivity (Wildman–Crippen MR) is 49.1 cm³/mol. The SMILES string of the molecule is COC(=O)Cc1ccc(C(=O)O)c(F)c1. The molecule has 0 bridgehead atoms. The molecule has 80 valence electrons. The number of hydrogen-bond acceptors (Lipinski definition) is 3. The summed E-state index contributed by atoms with van der Waals surface area (Å²) in [5, 5.41) is 8.55. The Balaban J connectivity index is 2.91. The summed E-state index contributed by atoms with van der Waals surface area (Å²) in [7, 11) is 1.23. The number of carbonyl (C=O) groups is 2. The van der Waals surface area contributed by atoms with Gasteiger partial charge in [0, 0.05) is 0 Å². The highest BCUT2D eigenvalue weighted by atomic mass is 19.1. The molecule has 0 aliphatic rings. The van der Waals surface area contributed by atoms with E-state index in [4.69, 9.17) is 5.11 Å². The Hall–Kier alpha value is -1.91. The van der Waals surface area contributed by atoms with Crippen molar-refractivity contribution >= 4 is 11.9 Å². The van der Waals surface area contributed by atoms with Crippen LogP contribution in [0.15, 0.2) is 18.2 Å². The molecule has 0 spiro atoms. The smallest absolute Gasteiger partial charge is 0.338 e. The van der Waals surface area contributed by atoms with E-state index in [0.717, 1.165) is 12.1 Å². The van der Waals surface area contributed by atoms with Gasteiger partial charge in [0.2, 0.25) is 0 Å². The molecule has 0 saturated carbocycles. The van der Waals surface area contributed by atoms with E-state index < -0.39 is 23.3 Å². The van der Waals surface area contributed by atoms with E-state index in [1.54, 1.807) is 0 Å². The minimum Gasteiger partial charge on any atom is -0.478 e. The molecule has 0 fully saturated rings. The Morgan fingerprint density at radius 2 is 2.13 bits per heavy atom. The van der Waals surface area contributed by atoms with Crippen LogP contribution in [0, 0.1) is 5.82 Å². The van der Waals surface area contributed by atoms with Crippen molar-refractivity contribution in [1.82, 2.24) is 0 Å². The average Bonchev–Trinajstić information content (AvgIpc) is 2.17. The first-order chi connectivity index (χ1) is 7.04. The maximum atomic E-state index is 13.1. The minimum absolute atomic E-state index is 0.0761. The highest BCUT2D eigenvalue weighted by molar-refractivity contribution is 5.88. The molecule has 1 aromatic carbocycles. The molecule has 1 aromatic rings. The third-order valence-corrected chi connectivity index (χ3v) is 1.84. The number of esters is 1. The van der Waals surface area contributed by atoms with Gasteiger partial charge in [0.05, 0.1) is 19.1 Å². The molecule has 0 aliphatic heterocycles. The van der Waals surface area contributed by atoms with E-state index in [1.807, 2.05) is 0 Å². The zero-order valence-electron chi connectivity index (χ0n) is 7.99. The molecule has 4 nitrogen and oxygen atoms in total. The number of methoxy groups -OCH3 is 1. The van der Waals surface area contributed by atoms with Crippen LogP contribution in [-0.4, -0.2) is 24.2 Å². The Kier molecular flexibility index (Phi) is 3.38. The maximum absolute atomic E-state index is 13.1. The fourth-order valence-electron chi connectivity index (χ4n) is 1.08. The second kappa shape index (κ2) is 4.54. The molecule has 0 unspecified atom stereocenters. The molecule has 0 heterocycles. The van der Waals surface area contributed by atoms with E-state index in [9.17, 15) is 14.0 Å². The fraction of sp³-hybridized carbons (Fsp3) is 0.200. The van der Waals surface area contributed by atoms with E-state index in [2.05, 4.69) is 4.74 Å². The van der Waals surface area contributed by atoms with Crippen molar-refractivity contribution in [3.8, 4) is 0 Å². The number of carboxylic acid groups (broad SMARTS) is 1. The summed E-state index contributed by atoms with van der Waals surface area (Å²) < 4.78 is 17.5. The molecule has 0 aliphatic carbocycles. The Morgan fingerprint density at radius 3 is 2.60 bits per heavy atom. The molecule has 0 radical (unpaired) electrons. The lowest BCUT2D eigenvalue weighted by atomic mass is 10.1. The normalized spacial score (nSPS) is 9.73. The summed E-state index contributed by atoms with van der Waals surface area (Å²) in [6, 6.07) is 3.51. The van der Waals surface area contributed by atoms with Crippen LogP contribution in [0.3, 0.4) is 0 Å². The molecule has 1 rings (SSSR count). The van der Waals surface area contributed by atoms with E-state index in [1.165, 1.54) is 13.2 Å². The van der Waals surface area contributed by atoms with E-state index in [0.29, 0.717) is 5.56 Å². The topological polar surface area (TPSA) is 63.6 Å². The Bertz CT molecular complexity index is 400. The number of carboxylic acids is 1. The van der Waals surface area contributed by atoms with Crippen molar-refractivity contribution in [2.45, 2.75) is 6.42 Å². The average molecular weight is 212 g/mol. The molecule has 0 saturated heterocycles. The molecule has 15 heavy (non-hydrogen) atoms. The van der Waals surface area contributed by atoms with Crippen molar-refractivity contribution in [1.29, 1.82) is 0 Å². The van der Waals surface area contributed by atoms with Gasteiger partial charge in [-0.15, -0.1) is 0 Å². The van der Waals surface area contributed by atoms with E-state index in [-0.39, 0.29) is 6.42 Å². The second-order valence-corrected chi connectivity index (χ2v) is 2.87. The first-order valence-electron chi connectivity index (χ1n) is 4.13. The molecule has 0 atom stereocenters. The van der Waals surface area contributed by atoms with Crippen LogP contribution in [0.25, 0.3) is 0 Å². The highest BCUT2D eigenvalue weighted by Gasteiger charge is 2.11. The fourth-order valence-corrected chi connectivity index (χ4v) is 1.08. The lowest BCUT2D eigenvalue weighted by Crippen LogP contribution is -2.06. The lowest BCUT2D eigenvalue weighted by Gasteiger charge is -2.02. The van der Waals surface area contributed by atoms with Crippen molar-refractivity contribution < 1.29 is 23.8 Å². The number of ether oxygens (including phenoxy) is 1. The monoisotopic (exact) mass is 212 g/mol. The number of halogens is 1. The van der Waals surface area contributed by atoms with E-state index >= 15 is 0 Å². The van der Waals surface area contributed by atoms with Crippen LogP contribution in [0.1, 0.15) is 15.9 Å². The van der Waals surface area contributed by atoms with Gasteiger partial charge < -0.3 is 9.84 Å². The van der Waals surface area contributed by atoms with Crippen molar-refractivity contribution in [3.05, 3.63) is 35.1 Å². The van der Waals surface area contributed by atoms with Gasteiger partial charge >= 0.3 is 11.9 Å². The summed E-state index contributed by atoms with van der Waals surface area (Å²) >= 11 is 0. The number of hydrogen-bond donors (Lipinski definition) is 1. The van der Waals surface area contributed by atoms with Gasteiger partial charge in [-0.3, -0.25) is 4.79 Å². The molecule has 1 N–H and O–H groups in total. The third-order valence-electron chi connectivity index (χ3n) is 1.84. The largest absolute Gasteiger partial charge is 0.478 e. The number of rotatable bonds is 3. The van der Waals surface area contributed by atoms with Gasteiger partial charge in [-0.25, -0.2) is 9.18 Å². The first kappa shape index (κ1) is 11.2. The van der Waals surface area contributed by atoms with Crippen molar-refractivity contribution in [3.63, 3.8) is 0 Å². The van der Waals surface area contributed by atoms with Crippen molar-refractivity contribution in [2.24, 2.45) is 0 Å². The molecule has 0 aromatic heterocycles. The summed E-state index contributed by atoms with van der Waals surface area (Å²) in [6.45, 7) is 0. The van der Waals surface area contributed by atoms with Gasteiger partial charge in [-0.2, -0.15) is 0 Å². The molecular weight excluding hydrogens is 203 g/mol. The third kappa shape index (κ3) is 2.77. The van der Waals surface area contributed by atoms with Crippen LogP contribution < -0.4 is 0 Å². The molecular formula is C10H9FO4. The van der Waals surface area contributed by atoms with Crippen LogP contribution in [0.4, 0.5) is 4.39 Å². The predicted octanol–water partition coefficient (Wildman–Crippen LogP) is 1.24. The summed E-state index contributed by atoms with van der Waals surface area (Å²) in [5.41, 5.74) is -0.0343. The zero-order valence-corrected chi connectivity index (χ0v) is 7.99. The van der Waals surface area contributed by atoms with Crippen LogP contribution in [-0.2, 0) is 16.0 Å². The van der Waals surface area contributed by atoms with Gasteiger partial charge in [0.1, 0.15) is 5.82 Å². The minimum atomic E-state index is -1.34. The first-order valence-corrected chi connectivity index (χ1v) is 4.13. The summed E-state index contributed by atoms with van der Waals surface area (Å²) in [6.07, 6.45) is -0.0761. The number of benzene rings is 1. The second-order valence-electron chi connectivity index (χ2n) is 2.87. The number of carbonyl (C=O) groups excluding carboxylic acids is 1. The van der Waals surface area contributed by atoms with Crippen molar-refractivity contribution in [2.75, 3.05) is 7.11 Å². The van der Waals surface area contributed by atoms with Gasteiger partial charge in [-0.05, 0) is 17.7 Å². The highest BCUT2D eigenvalue weighted by Crippen LogP contribution is 2.11. The van der Waals surface area contributed by atoms with Crippen LogP contribution >= 0.6 is 0 Å². The van der Waals surface area contributed by atoms with Crippen LogP contribution in [0.2, 0.25) is 0 Å². The standard InChI is InChI=1S/C10H9FO4/c1-15-9(12)5-6-2-3-7(10(13)14)8(11)4-6/h2-4H,5H2,1H3,(H,13,14).